The van der Waals surface area contributed by atoms with Crippen LogP contribution in [-0.2, 0) is 6.54 Å². The van der Waals surface area contributed by atoms with E-state index in [0.717, 1.165) is 11.3 Å². The fourth-order valence-electron chi connectivity index (χ4n) is 1.99. The van der Waals surface area contributed by atoms with Crippen molar-refractivity contribution in [2.45, 2.75) is 32.9 Å². The van der Waals surface area contributed by atoms with Crippen molar-refractivity contribution < 1.29 is 4.79 Å². The Bertz CT molecular complexity index is 617. The van der Waals surface area contributed by atoms with Gasteiger partial charge in [-0.3, -0.25) is 9.48 Å². The second kappa shape index (κ2) is 7.42. The van der Waals surface area contributed by atoms with Crippen LogP contribution in [-0.4, -0.2) is 27.8 Å². The summed E-state index contributed by atoms with van der Waals surface area (Å²) < 4.78 is 1.83. The molecule has 1 aromatic carbocycles. The van der Waals surface area contributed by atoms with Gasteiger partial charge in [0.15, 0.2) is 0 Å². The average Bonchev–Trinajstić information content (AvgIpc) is 2.78. The average molecular weight is 323 g/mol. The molecular formula is C16H23ClN4O. The highest BCUT2D eigenvalue weighted by Gasteiger charge is 2.17. The molecule has 6 heteroatoms. The highest BCUT2D eigenvalue weighted by atomic mass is 35.5. The normalized spacial score (nSPS) is 10.9. The van der Waals surface area contributed by atoms with Crippen LogP contribution in [0.25, 0.3) is 0 Å². The number of nitrogens with one attached hydrogen (secondary N) is 1. The number of carbonyl (C=O) groups excluding carboxylic acids is 1. The zero-order valence-corrected chi connectivity index (χ0v) is 14.0. The molecule has 1 amide bonds. The lowest BCUT2D eigenvalue weighted by molar-refractivity contribution is 0.0945. The molecule has 0 atom stereocenters. The highest BCUT2D eigenvalue weighted by molar-refractivity contribution is 5.95. The molecule has 0 spiro atoms. The Morgan fingerprint density at radius 1 is 1.32 bits per heavy atom. The first kappa shape index (κ1) is 18.2. The van der Waals surface area contributed by atoms with Crippen molar-refractivity contribution in [3.05, 3.63) is 53.3 Å². The minimum atomic E-state index is -0.427. The van der Waals surface area contributed by atoms with Crippen LogP contribution in [0.5, 0.6) is 0 Å². The van der Waals surface area contributed by atoms with E-state index in [1.54, 1.807) is 6.20 Å². The predicted octanol–water partition coefficient (Wildman–Crippen LogP) is 2.13. The van der Waals surface area contributed by atoms with Gasteiger partial charge >= 0.3 is 0 Å². The molecule has 120 valence electrons. The molecule has 0 saturated heterocycles. The van der Waals surface area contributed by atoms with Gasteiger partial charge in [-0.1, -0.05) is 30.3 Å². The fraction of sp³-hybridized carbons (Fsp3) is 0.375. The van der Waals surface area contributed by atoms with E-state index in [2.05, 4.69) is 10.4 Å². The smallest absolute Gasteiger partial charge is 0.254 e. The number of carbonyl (C=O) groups is 1. The third-order valence-electron chi connectivity index (χ3n) is 3.23. The van der Waals surface area contributed by atoms with Gasteiger partial charge in [-0.15, -0.1) is 12.4 Å². The van der Waals surface area contributed by atoms with Crippen molar-refractivity contribution in [3.63, 3.8) is 0 Å². The number of hydrogen-bond acceptors (Lipinski definition) is 3. The topological polar surface area (TPSA) is 72.9 Å². The molecule has 0 aliphatic rings. The molecule has 1 heterocycles. The van der Waals surface area contributed by atoms with Gasteiger partial charge in [0.25, 0.3) is 5.91 Å². The van der Waals surface area contributed by atoms with Crippen molar-refractivity contribution >= 4 is 18.3 Å². The van der Waals surface area contributed by atoms with Crippen LogP contribution in [0, 0.1) is 6.92 Å². The summed E-state index contributed by atoms with van der Waals surface area (Å²) in [5, 5.41) is 7.14. The van der Waals surface area contributed by atoms with Gasteiger partial charge in [0.1, 0.15) is 0 Å². The summed E-state index contributed by atoms with van der Waals surface area (Å²) in [6, 6.07) is 10.0. The summed E-state index contributed by atoms with van der Waals surface area (Å²) in [4.78, 5) is 12.2. The van der Waals surface area contributed by atoms with Crippen LogP contribution in [0.4, 0.5) is 0 Å². The maximum atomic E-state index is 12.2. The third kappa shape index (κ3) is 4.86. The van der Waals surface area contributed by atoms with E-state index in [1.807, 2.05) is 55.8 Å². The molecule has 0 aliphatic heterocycles. The van der Waals surface area contributed by atoms with Gasteiger partial charge in [-0.05, 0) is 26.3 Å². The molecule has 0 fully saturated rings. The van der Waals surface area contributed by atoms with Crippen molar-refractivity contribution in [3.8, 4) is 0 Å². The summed E-state index contributed by atoms with van der Waals surface area (Å²) >= 11 is 0. The van der Waals surface area contributed by atoms with Gasteiger partial charge in [0.05, 0.1) is 18.3 Å². The van der Waals surface area contributed by atoms with Crippen LogP contribution >= 0.6 is 12.4 Å². The first-order valence-corrected chi connectivity index (χ1v) is 7.00. The van der Waals surface area contributed by atoms with E-state index in [1.165, 1.54) is 0 Å². The van der Waals surface area contributed by atoms with Crippen molar-refractivity contribution in [2.24, 2.45) is 5.73 Å². The summed E-state index contributed by atoms with van der Waals surface area (Å²) in [5.74, 6) is -0.134. The number of benzene rings is 1. The molecule has 1 aromatic heterocycles. The molecule has 22 heavy (non-hydrogen) atoms. The van der Waals surface area contributed by atoms with Gasteiger partial charge in [0, 0.05) is 17.8 Å². The molecule has 2 aromatic rings. The van der Waals surface area contributed by atoms with E-state index in [9.17, 15) is 4.79 Å². The lowest BCUT2D eigenvalue weighted by atomic mass is 10.1. The summed E-state index contributed by atoms with van der Waals surface area (Å²) in [5.41, 5.74) is 8.04. The van der Waals surface area contributed by atoms with Gasteiger partial charge < -0.3 is 11.1 Å². The first-order chi connectivity index (χ1) is 9.87. The van der Waals surface area contributed by atoms with Crippen LogP contribution in [0.15, 0.2) is 36.5 Å². The number of nitrogens with two attached hydrogens (primary N) is 1. The standard InChI is InChI=1S/C16H22N4O.ClH/c1-12-14(15(21)18-11-16(2,3)17)9-19-20(12)10-13-7-5-4-6-8-13;/h4-9H,10-11,17H2,1-3H3,(H,18,21);1H. The van der Waals surface area contributed by atoms with Gasteiger partial charge in [-0.25, -0.2) is 0 Å². The molecule has 0 radical (unpaired) electrons. The molecule has 3 N–H and O–H groups in total. The molecule has 0 unspecified atom stereocenters. The lowest BCUT2D eigenvalue weighted by Gasteiger charge is -2.18. The Hall–Kier alpha value is -1.85. The van der Waals surface area contributed by atoms with E-state index < -0.39 is 5.54 Å². The highest BCUT2D eigenvalue weighted by Crippen LogP contribution is 2.10. The number of nitrogens with zero attached hydrogens (tertiary/aromatic N) is 2. The number of aromatic nitrogens is 2. The zero-order valence-electron chi connectivity index (χ0n) is 13.2. The lowest BCUT2D eigenvalue weighted by Crippen LogP contribution is -2.45. The quantitative estimate of drug-likeness (QED) is 0.885. The van der Waals surface area contributed by atoms with Gasteiger partial charge in [-0.2, -0.15) is 5.10 Å². The molecule has 0 saturated carbocycles. The van der Waals surface area contributed by atoms with E-state index in [0.29, 0.717) is 18.7 Å². The second-order valence-electron chi connectivity index (χ2n) is 5.96. The van der Waals surface area contributed by atoms with Crippen LogP contribution in [0.3, 0.4) is 0 Å². The van der Waals surface area contributed by atoms with Crippen molar-refractivity contribution in [1.82, 2.24) is 15.1 Å². The maximum Gasteiger partial charge on any atom is 0.254 e. The van der Waals surface area contributed by atoms with E-state index >= 15 is 0 Å². The van der Waals surface area contributed by atoms with Crippen LogP contribution in [0.1, 0.15) is 35.5 Å². The minimum absolute atomic E-state index is 0. The van der Waals surface area contributed by atoms with Crippen LogP contribution in [0.2, 0.25) is 0 Å². The van der Waals surface area contributed by atoms with Crippen LogP contribution < -0.4 is 11.1 Å². The van der Waals surface area contributed by atoms with E-state index in [4.69, 9.17) is 5.73 Å². The Labute approximate surface area is 137 Å². The largest absolute Gasteiger partial charge is 0.350 e. The number of halogens is 1. The second-order valence-corrected chi connectivity index (χ2v) is 5.96. The van der Waals surface area contributed by atoms with Crippen molar-refractivity contribution in [2.75, 3.05) is 6.54 Å². The minimum Gasteiger partial charge on any atom is -0.350 e. The number of hydrogen-bond donors (Lipinski definition) is 2. The Kier molecular flexibility index (Phi) is 6.14. The summed E-state index contributed by atoms with van der Waals surface area (Å²) in [6.07, 6.45) is 1.61. The SMILES string of the molecule is Cc1c(C(=O)NCC(C)(C)N)cnn1Cc1ccccc1.Cl. The third-order valence-corrected chi connectivity index (χ3v) is 3.23. The molecule has 2 rings (SSSR count). The Balaban J connectivity index is 0.00000242. The fourth-order valence-corrected chi connectivity index (χ4v) is 1.99. The Morgan fingerprint density at radius 3 is 2.55 bits per heavy atom. The molecule has 0 bridgehead atoms. The Morgan fingerprint density at radius 2 is 1.95 bits per heavy atom. The van der Waals surface area contributed by atoms with Gasteiger partial charge in [0.2, 0.25) is 0 Å². The molecule has 0 aliphatic carbocycles. The van der Waals surface area contributed by atoms with E-state index in [-0.39, 0.29) is 18.3 Å². The zero-order chi connectivity index (χ0) is 15.5. The summed E-state index contributed by atoms with van der Waals surface area (Å²) in [6.45, 7) is 6.73. The first-order valence-electron chi connectivity index (χ1n) is 7.00. The number of amides is 1. The monoisotopic (exact) mass is 322 g/mol. The maximum absolute atomic E-state index is 12.2. The predicted molar refractivity (Wildman–Crippen MR) is 90.4 cm³/mol. The van der Waals surface area contributed by atoms with Crippen molar-refractivity contribution in [1.29, 1.82) is 0 Å². The molecular weight excluding hydrogens is 300 g/mol. The number of rotatable bonds is 5. The summed E-state index contributed by atoms with van der Waals surface area (Å²) in [7, 11) is 0. The molecule has 5 nitrogen and oxygen atoms in total.